The number of hydrogen-bond donors (Lipinski definition) is 2. The van der Waals surface area contributed by atoms with Crippen molar-refractivity contribution < 1.29 is 9.59 Å². The molecule has 0 spiro atoms. The lowest BCUT2D eigenvalue weighted by Crippen LogP contribution is -2.52. The molecule has 1 heterocycles. The summed E-state index contributed by atoms with van der Waals surface area (Å²) in [4.78, 5) is 26.3. The third-order valence-electron chi connectivity index (χ3n) is 4.10. The molecular weight excluding hydrogens is 290 g/mol. The van der Waals surface area contributed by atoms with Crippen LogP contribution in [0.1, 0.15) is 43.6 Å². The lowest BCUT2D eigenvalue weighted by molar-refractivity contribution is -0.128. The average molecular weight is 317 g/mol. The zero-order valence-electron chi connectivity index (χ0n) is 14.5. The highest BCUT2D eigenvalue weighted by atomic mass is 16.2. The van der Waals surface area contributed by atoms with E-state index >= 15 is 0 Å². The van der Waals surface area contributed by atoms with Gasteiger partial charge in [0.25, 0.3) is 5.91 Å². The van der Waals surface area contributed by atoms with E-state index in [1.165, 1.54) is 0 Å². The molecule has 1 atom stereocenters. The van der Waals surface area contributed by atoms with Gasteiger partial charge in [-0.1, -0.05) is 32.9 Å². The number of piperazine rings is 1. The van der Waals surface area contributed by atoms with E-state index in [0.717, 1.165) is 25.2 Å². The molecule has 2 N–H and O–H groups in total. The molecule has 2 rings (SSSR count). The molecule has 1 aromatic rings. The lowest BCUT2D eigenvalue weighted by Gasteiger charge is -2.34. The van der Waals surface area contributed by atoms with Gasteiger partial charge >= 0.3 is 0 Å². The minimum absolute atomic E-state index is 0.0206. The number of amides is 2. The van der Waals surface area contributed by atoms with Crippen molar-refractivity contribution in [3.8, 4) is 0 Å². The molecule has 1 saturated heterocycles. The van der Waals surface area contributed by atoms with Crippen LogP contribution in [0.4, 0.5) is 0 Å². The molecule has 1 unspecified atom stereocenters. The molecule has 5 heteroatoms. The maximum atomic E-state index is 12.5. The van der Waals surface area contributed by atoms with Gasteiger partial charge in [-0.2, -0.15) is 0 Å². The fourth-order valence-corrected chi connectivity index (χ4v) is 2.52. The quantitative estimate of drug-likeness (QED) is 0.893. The monoisotopic (exact) mass is 317 g/mol. The molecule has 1 aliphatic rings. The Hall–Kier alpha value is -1.88. The summed E-state index contributed by atoms with van der Waals surface area (Å²) < 4.78 is 0. The second kappa shape index (κ2) is 7.13. The SMILES string of the molecule is CC1CNCCN1C(=O)c1ccc(CNC(=O)C(C)(C)C)cc1. The molecule has 0 radical (unpaired) electrons. The molecule has 1 aromatic carbocycles. The Morgan fingerprint density at radius 3 is 2.48 bits per heavy atom. The molecule has 0 aliphatic carbocycles. The van der Waals surface area contributed by atoms with Crippen LogP contribution in [0.3, 0.4) is 0 Å². The number of rotatable bonds is 3. The molecule has 0 aromatic heterocycles. The molecule has 23 heavy (non-hydrogen) atoms. The topological polar surface area (TPSA) is 61.4 Å². The molecule has 1 fully saturated rings. The van der Waals surface area contributed by atoms with Crippen LogP contribution in [-0.2, 0) is 11.3 Å². The molecule has 0 saturated carbocycles. The van der Waals surface area contributed by atoms with Crippen molar-refractivity contribution in [2.45, 2.75) is 40.3 Å². The largest absolute Gasteiger partial charge is 0.352 e. The molecular formula is C18H27N3O2. The second-order valence-electron chi connectivity index (χ2n) is 7.18. The highest BCUT2D eigenvalue weighted by Crippen LogP contribution is 2.14. The Labute approximate surface area is 138 Å². The van der Waals surface area contributed by atoms with Gasteiger partial charge in [0.1, 0.15) is 0 Å². The smallest absolute Gasteiger partial charge is 0.254 e. The summed E-state index contributed by atoms with van der Waals surface area (Å²) in [5, 5.41) is 6.20. The van der Waals surface area contributed by atoms with Crippen molar-refractivity contribution in [3.05, 3.63) is 35.4 Å². The first kappa shape index (κ1) is 17.5. The van der Waals surface area contributed by atoms with Crippen LogP contribution in [0.15, 0.2) is 24.3 Å². The van der Waals surface area contributed by atoms with Crippen LogP contribution >= 0.6 is 0 Å². The van der Waals surface area contributed by atoms with Crippen molar-refractivity contribution >= 4 is 11.8 Å². The van der Waals surface area contributed by atoms with Crippen LogP contribution in [0.25, 0.3) is 0 Å². The van der Waals surface area contributed by atoms with Gasteiger partial charge in [-0.05, 0) is 24.6 Å². The fourth-order valence-electron chi connectivity index (χ4n) is 2.52. The summed E-state index contributed by atoms with van der Waals surface area (Å²) in [5.41, 5.74) is 1.30. The summed E-state index contributed by atoms with van der Waals surface area (Å²) in [7, 11) is 0. The predicted molar refractivity (Wildman–Crippen MR) is 91.1 cm³/mol. The number of carbonyl (C=O) groups is 2. The zero-order valence-corrected chi connectivity index (χ0v) is 14.5. The third kappa shape index (κ3) is 4.55. The first-order chi connectivity index (χ1) is 10.8. The molecule has 1 aliphatic heterocycles. The van der Waals surface area contributed by atoms with E-state index in [1.54, 1.807) is 0 Å². The summed E-state index contributed by atoms with van der Waals surface area (Å²) in [6.07, 6.45) is 0. The van der Waals surface area contributed by atoms with Crippen molar-refractivity contribution in [2.75, 3.05) is 19.6 Å². The van der Waals surface area contributed by atoms with E-state index in [1.807, 2.05) is 49.9 Å². The minimum Gasteiger partial charge on any atom is -0.352 e. The molecule has 0 bridgehead atoms. The van der Waals surface area contributed by atoms with Crippen LogP contribution in [0.5, 0.6) is 0 Å². The Balaban J connectivity index is 1.96. The summed E-state index contributed by atoms with van der Waals surface area (Å²) in [5.74, 6) is 0.0940. The highest BCUT2D eigenvalue weighted by molar-refractivity contribution is 5.94. The lowest BCUT2D eigenvalue weighted by atomic mass is 9.95. The first-order valence-electron chi connectivity index (χ1n) is 8.18. The van der Waals surface area contributed by atoms with Crippen molar-refractivity contribution in [1.82, 2.24) is 15.5 Å². The van der Waals surface area contributed by atoms with Crippen LogP contribution < -0.4 is 10.6 Å². The third-order valence-corrected chi connectivity index (χ3v) is 4.10. The van der Waals surface area contributed by atoms with Crippen LogP contribution in [-0.4, -0.2) is 42.4 Å². The zero-order chi connectivity index (χ0) is 17.0. The number of benzene rings is 1. The normalized spacial score (nSPS) is 18.6. The van der Waals surface area contributed by atoms with Gasteiger partial charge in [0, 0.05) is 43.2 Å². The molecule has 5 nitrogen and oxygen atoms in total. The van der Waals surface area contributed by atoms with Gasteiger partial charge in [-0.15, -0.1) is 0 Å². The van der Waals surface area contributed by atoms with Gasteiger partial charge in [0.15, 0.2) is 0 Å². The van der Waals surface area contributed by atoms with Gasteiger partial charge in [0.05, 0.1) is 0 Å². The minimum atomic E-state index is -0.395. The Bertz CT molecular complexity index is 561. The van der Waals surface area contributed by atoms with Crippen molar-refractivity contribution in [3.63, 3.8) is 0 Å². The Kier molecular flexibility index (Phi) is 5.42. The van der Waals surface area contributed by atoms with E-state index in [9.17, 15) is 9.59 Å². The van der Waals surface area contributed by atoms with E-state index in [0.29, 0.717) is 12.1 Å². The number of carbonyl (C=O) groups excluding carboxylic acids is 2. The van der Waals surface area contributed by atoms with E-state index in [4.69, 9.17) is 0 Å². The van der Waals surface area contributed by atoms with Gasteiger partial charge < -0.3 is 15.5 Å². The summed E-state index contributed by atoms with van der Waals surface area (Å²) in [6, 6.07) is 7.71. The van der Waals surface area contributed by atoms with E-state index in [-0.39, 0.29) is 17.9 Å². The Morgan fingerprint density at radius 1 is 1.26 bits per heavy atom. The molecule has 126 valence electrons. The number of hydrogen-bond acceptors (Lipinski definition) is 3. The van der Waals surface area contributed by atoms with Gasteiger partial charge in [-0.3, -0.25) is 9.59 Å². The van der Waals surface area contributed by atoms with Gasteiger partial charge in [0.2, 0.25) is 5.91 Å². The Morgan fingerprint density at radius 2 is 1.91 bits per heavy atom. The number of nitrogens with one attached hydrogen (secondary N) is 2. The predicted octanol–water partition coefficient (Wildman–Crippen LogP) is 1.78. The van der Waals surface area contributed by atoms with Gasteiger partial charge in [-0.25, -0.2) is 0 Å². The van der Waals surface area contributed by atoms with Crippen LogP contribution in [0.2, 0.25) is 0 Å². The number of nitrogens with zero attached hydrogens (tertiary/aromatic N) is 1. The second-order valence-corrected chi connectivity index (χ2v) is 7.18. The first-order valence-corrected chi connectivity index (χ1v) is 8.18. The van der Waals surface area contributed by atoms with E-state index in [2.05, 4.69) is 17.6 Å². The highest BCUT2D eigenvalue weighted by Gasteiger charge is 2.24. The van der Waals surface area contributed by atoms with E-state index < -0.39 is 5.41 Å². The maximum Gasteiger partial charge on any atom is 0.254 e. The summed E-state index contributed by atoms with van der Waals surface area (Å²) >= 11 is 0. The summed E-state index contributed by atoms with van der Waals surface area (Å²) in [6.45, 7) is 10.6. The average Bonchev–Trinajstić information content (AvgIpc) is 2.52. The standard InChI is InChI=1S/C18H27N3O2/c1-13-11-19-9-10-21(13)16(22)15-7-5-14(6-8-15)12-20-17(23)18(2,3)4/h5-8,13,19H,9-12H2,1-4H3,(H,20,23). The maximum absolute atomic E-state index is 12.5. The van der Waals surface area contributed by atoms with Crippen molar-refractivity contribution in [1.29, 1.82) is 0 Å². The van der Waals surface area contributed by atoms with Crippen LogP contribution in [0, 0.1) is 5.41 Å². The van der Waals surface area contributed by atoms with Crippen molar-refractivity contribution in [2.24, 2.45) is 5.41 Å². The molecule has 2 amide bonds. The fraction of sp³-hybridized carbons (Fsp3) is 0.556.